The molecule has 2 N–H and O–H groups in total. The third kappa shape index (κ3) is 5.93. The Labute approximate surface area is 197 Å². The van der Waals surface area contributed by atoms with Crippen LogP contribution in [0, 0.1) is 20.8 Å². The number of amides is 1. The third-order valence-corrected chi connectivity index (χ3v) is 5.63. The van der Waals surface area contributed by atoms with Gasteiger partial charge in [-0.15, -0.1) is 0 Å². The van der Waals surface area contributed by atoms with Gasteiger partial charge in [0.05, 0.1) is 11.9 Å². The van der Waals surface area contributed by atoms with Crippen LogP contribution >= 0.6 is 11.9 Å². The number of ether oxygens (including phenoxy) is 1. The molecule has 0 unspecified atom stereocenters. The van der Waals surface area contributed by atoms with E-state index in [9.17, 15) is 4.79 Å². The molecule has 168 valence electrons. The average molecular weight is 460 g/mol. The summed E-state index contributed by atoms with van der Waals surface area (Å²) in [5, 5.41) is 7.14. The minimum Gasteiger partial charge on any atom is -0.456 e. The first-order chi connectivity index (χ1) is 15.9. The SMILES string of the molecule is Cc1ccc(SNc2ccc(Oc3cc(C)cc(NC(=O)c4cc(C)nn4C)c3)cn2)cc1. The number of aryl methyl sites for hydroxylation is 4. The highest BCUT2D eigenvalue weighted by Crippen LogP contribution is 2.27. The maximum Gasteiger partial charge on any atom is 0.273 e. The highest BCUT2D eigenvalue weighted by Gasteiger charge is 2.13. The van der Waals surface area contributed by atoms with E-state index < -0.39 is 0 Å². The van der Waals surface area contributed by atoms with Gasteiger partial charge in [-0.3, -0.25) is 9.48 Å². The van der Waals surface area contributed by atoms with Gasteiger partial charge in [-0.2, -0.15) is 5.10 Å². The summed E-state index contributed by atoms with van der Waals surface area (Å²) in [6.45, 7) is 5.87. The maximum absolute atomic E-state index is 12.6. The highest BCUT2D eigenvalue weighted by atomic mass is 32.2. The number of anilines is 2. The van der Waals surface area contributed by atoms with Crippen molar-refractivity contribution >= 4 is 29.4 Å². The molecule has 0 aliphatic carbocycles. The zero-order valence-corrected chi connectivity index (χ0v) is 19.7. The van der Waals surface area contributed by atoms with Crippen LogP contribution in [0.1, 0.15) is 27.3 Å². The number of hydrogen-bond acceptors (Lipinski definition) is 6. The Kier molecular flexibility index (Phi) is 6.65. The molecule has 2 aromatic heterocycles. The second-order valence-electron chi connectivity index (χ2n) is 7.78. The van der Waals surface area contributed by atoms with Crippen molar-refractivity contribution in [2.75, 3.05) is 10.0 Å². The molecule has 0 fully saturated rings. The molecule has 0 aliphatic heterocycles. The molecule has 0 saturated heterocycles. The van der Waals surface area contributed by atoms with Gasteiger partial charge in [0.15, 0.2) is 0 Å². The second-order valence-corrected chi connectivity index (χ2v) is 8.66. The fourth-order valence-corrected chi connectivity index (χ4v) is 3.87. The number of hydrogen-bond donors (Lipinski definition) is 2. The summed E-state index contributed by atoms with van der Waals surface area (Å²) < 4.78 is 10.8. The Bertz CT molecular complexity index is 1270. The molecule has 33 heavy (non-hydrogen) atoms. The van der Waals surface area contributed by atoms with E-state index in [0.29, 0.717) is 22.9 Å². The van der Waals surface area contributed by atoms with E-state index in [4.69, 9.17) is 4.74 Å². The van der Waals surface area contributed by atoms with E-state index in [1.807, 2.05) is 38.1 Å². The highest BCUT2D eigenvalue weighted by molar-refractivity contribution is 8.00. The Morgan fingerprint density at radius 3 is 2.39 bits per heavy atom. The number of nitrogens with zero attached hydrogens (tertiary/aromatic N) is 3. The molecule has 0 saturated carbocycles. The molecule has 0 spiro atoms. The van der Waals surface area contributed by atoms with Crippen LogP contribution in [0.2, 0.25) is 0 Å². The molecule has 0 atom stereocenters. The van der Waals surface area contributed by atoms with E-state index in [1.165, 1.54) is 17.5 Å². The minimum absolute atomic E-state index is 0.224. The Morgan fingerprint density at radius 2 is 1.73 bits per heavy atom. The first kappa shape index (κ1) is 22.4. The zero-order valence-electron chi connectivity index (χ0n) is 18.9. The smallest absolute Gasteiger partial charge is 0.273 e. The van der Waals surface area contributed by atoms with E-state index >= 15 is 0 Å². The van der Waals surface area contributed by atoms with Crippen LogP contribution in [0.3, 0.4) is 0 Å². The maximum atomic E-state index is 12.6. The van der Waals surface area contributed by atoms with Crippen molar-refractivity contribution < 1.29 is 9.53 Å². The number of nitrogens with one attached hydrogen (secondary N) is 2. The van der Waals surface area contributed by atoms with Gasteiger partial charge in [0, 0.05) is 23.7 Å². The van der Waals surface area contributed by atoms with E-state index in [0.717, 1.165) is 22.0 Å². The summed E-state index contributed by atoms with van der Waals surface area (Å²) in [6.07, 6.45) is 1.66. The number of aromatic nitrogens is 3. The molecule has 1 amide bonds. The van der Waals surface area contributed by atoms with E-state index in [1.54, 1.807) is 30.1 Å². The summed E-state index contributed by atoms with van der Waals surface area (Å²) in [6, 6.07) is 19.3. The zero-order chi connectivity index (χ0) is 23.4. The van der Waals surface area contributed by atoms with Crippen molar-refractivity contribution in [1.82, 2.24) is 14.8 Å². The predicted octanol–water partition coefficient (Wildman–Crippen LogP) is 5.90. The second kappa shape index (κ2) is 9.79. The Hall–Kier alpha value is -3.78. The lowest BCUT2D eigenvalue weighted by Crippen LogP contribution is -2.16. The summed E-state index contributed by atoms with van der Waals surface area (Å²) in [5.74, 6) is 1.73. The topological polar surface area (TPSA) is 81.1 Å². The average Bonchev–Trinajstić information content (AvgIpc) is 3.12. The number of carbonyl (C=O) groups is 1. The van der Waals surface area contributed by atoms with Gasteiger partial charge < -0.3 is 14.8 Å². The first-order valence-corrected chi connectivity index (χ1v) is 11.2. The third-order valence-electron chi connectivity index (χ3n) is 4.81. The van der Waals surface area contributed by atoms with Gasteiger partial charge in [0.25, 0.3) is 5.91 Å². The van der Waals surface area contributed by atoms with Crippen LogP contribution in [-0.4, -0.2) is 20.7 Å². The van der Waals surface area contributed by atoms with Gasteiger partial charge in [-0.05, 0) is 80.7 Å². The van der Waals surface area contributed by atoms with Crippen LogP contribution in [0.4, 0.5) is 11.5 Å². The summed E-state index contributed by atoms with van der Waals surface area (Å²) in [4.78, 5) is 18.1. The lowest BCUT2D eigenvalue weighted by Gasteiger charge is -2.11. The van der Waals surface area contributed by atoms with Gasteiger partial charge in [-0.1, -0.05) is 17.7 Å². The number of pyridine rings is 1. The predicted molar refractivity (Wildman–Crippen MR) is 132 cm³/mol. The first-order valence-electron chi connectivity index (χ1n) is 10.4. The van der Waals surface area contributed by atoms with Crippen molar-refractivity contribution in [3.63, 3.8) is 0 Å². The van der Waals surface area contributed by atoms with Crippen LogP contribution in [0.25, 0.3) is 0 Å². The van der Waals surface area contributed by atoms with Crippen molar-refractivity contribution in [3.8, 4) is 11.5 Å². The lowest BCUT2D eigenvalue weighted by atomic mass is 10.2. The van der Waals surface area contributed by atoms with Crippen LogP contribution in [-0.2, 0) is 7.05 Å². The van der Waals surface area contributed by atoms with Crippen LogP contribution < -0.4 is 14.8 Å². The lowest BCUT2D eigenvalue weighted by molar-refractivity contribution is 0.101. The Balaban J connectivity index is 1.40. The standard InChI is InChI=1S/C25H25N5O2S/c1-16-5-8-22(9-6-16)33-29-24-10-7-20(15-26-24)32-21-12-17(2)11-19(14-21)27-25(31)23-13-18(3)28-30(23)4/h5-15H,1-4H3,(H,26,29)(H,27,31). The quantitative estimate of drug-likeness (QED) is 0.335. The molecule has 4 aromatic rings. The summed E-state index contributed by atoms with van der Waals surface area (Å²) in [5.41, 5.74) is 4.12. The van der Waals surface area contributed by atoms with E-state index in [-0.39, 0.29) is 5.91 Å². The van der Waals surface area contributed by atoms with Gasteiger partial charge >= 0.3 is 0 Å². The van der Waals surface area contributed by atoms with E-state index in [2.05, 4.69) is 51.3 Å². The molecule has 0 radical (unpaired) electrons. The van der Waals surface area contributed by atoms with Crippen molar-refractivity contribution in [3.05, 3.63) is 89.4 Å². The van der Waals surface area contributed by atoms with Gasteiger partial charge in [0.2, 0.25) is 0 Å². The fourth-order valence-electron chi connectivity index (χ4n) is 3.25. The van der Waals surface area contributed by atoms with Crippen LogP contribution in [0.5, 0.6) is 11.5 Å². The number of carbonyl (C=O) groups excluding carboxylic acids is 1. The molecule has 4 rings (SSSR count). The van der Waals surface area contributed by atoms with Crippen molar-refractivity contribution in [2.45, 2.75) is 25.7 Å². The summed E-state index contributed by atoms with van der Waals surface area (Å²) in [7, 11) is 1.75. The fraction of sp³-hybridized carbons (Fsp3) is 0.160. The van der Waals surface area contributed by atoms with Gasteiger partial charge in [-0.25, -0.2) is 4.98 Å². The largest absolute Gasteiger partial charge is 0.456 e. The monoisotopic (exact) mass is 459 g/mol. The van der Waals surface area contributed by atoms with Crippen LogP contribution in [0.15, 0.2) is 71.8 Å². The van der Waals surface area contributed by atoms with Crippen molar-refractivity contribution in [1.29, 1.82) is 0 Å². The van der Waals surface area contributed by atoms with Crippen molar-refractivity contribution in [2.24, 2.45) is 7.05 Å². The molecule has 8 heteroatoms. The van der Waals surface area contributed by atoms with Gasteiger partial charge in [0.1, 0.15) is 23.0 Å². The summed E-state index contributed by atoms with van der Waals surface area (Å²) >= 11 is 1.50. The molecule has 2 aromatic carbocycles. The number of rotatable bonds is 7. The minimum atomic E-state index is -0.224. The molecule has 0 bridgehead atoms. The molecule has 7 nitrogen and oxygen atoms in total. The Morgan fingerprint density at radius 1 is 0.939 bits per heavy atom. The molecule has 0 aliphatic rings. The normalized spacial score (nSPS) is 10.7. The molecule has 2 heterocycles. The number of benzene rings is 2. The molecular weight excluding hydrogens is 434 g/mol. The molecular formula is C25H25N5O2S.